The number of thiophene rings is 1. The van der Waals surface area contributed by atoms with Gasteiger partial charge in [-0.15, -0.1) is 11.3 Å². The number of rotatable bonds is 2. The van der Waals surface area contributed by atoms with Gasteiger partial charge in [0.05, 0.1) is 9.90 Å². The summed E-state index contributed by atoms with van der Waals surface area (Å²) in [4.78, 5) is 12.0. The predicted octanol–water partition coefficient (Wildman–Crippen LogP) is 4.92. The third-order valence-corrected chi connectivity index (χ3v) is 4.02. The molecule has 18 heavy (non-hydrogen) atoms. The van der Waals surface area contributed by atoms with Gasteiger partial charge in [-0.3, -0.25) is 4.79 Å². The SMILES string of the molecule is Cc1ccc(NC(=O)c2cc(Cl)sc2Cl)c(C)c1. The molecule has 0 aliphatic carbocycles. The number of nitrogens with one attached hydrogen (secondary N) is 1. The van der Waals surface area contributed by atoms with Crippen molar-refractivity contribution in [3.63, 3.8) is 0 Å². The van der Waals surface area contributed by atoms with Crippen LogP contribution in [0, 0.1) is 13.8 Å². The molecule has 0 atom stereocenters. The van der Waals surface area contributed by atoms with E-state index in [1.165, 1.54) is 11.3 Å². The lowest BCUT2D eigenvalue weighted by atomic mass is 10.1. The second kappa shape index (κ2) is 5.31. The number of hydrogen-bond donors (Lipinski definition) is 1. The molecule has 0 saturated carbocycles. The van der Waals surface area contributed by atoms with E-state index in [9.17, 15) is 4.79 Å². The molecule has 1 aromatic heterocycles. The van der Waals surface area contributed by atoms with Crippen LogP contribution in [0.4, 0.5) is 5.69 Å². The summed E-state index contributed by atoms with van der Waals surface area (Å²) >= 11 is 12.9. The Morgan fingerprint density at radius 1 is 1.22 bits per heavy atom. The van der Waals surface area contributed by atoms with Crippen LogP contribution >= 0.6 is 34.5 Å². The highest BCUT2D eigenvalue weighted by molar-refractivity contribution is 7.20. The summed E-state index contributed by atoms with van der Waals surface area (Å²) in [6, 6.07) is 7.42. The zero-order valence-electron chi connectivity index (χ0n) is 9.88. The molecule has 94 valence electrons. The second-order valence-corrected chi connectivity index (χ2v) is 6.30. The highest BCUT2D eigenvalue weighted by Crippen LogP contribution is 2.31. The Labute approximate surface area is 120 Å². The van der Waals surface area contributed by atoms with Gasteiger partial charge >= 0.3 is 0 Å². The van der Waals surface area contributed by atoms with Gasteiger partial charge < -0.3 is 5.32 Å². The summed E-state index contributed by atoms with van der Waals surface area (Å²) in [5.41, 5.74) is 3.36. The van der Waals surface area contributed by atoms with Crippen LogP contribution in [0.2, 0.25) is 8.67 Å². The van der Waals surface area contributed by atoms with Crippen molar-refractivity contribution in [3.05, 3.63) is 49.6 Å². The standard InChI is InChI=1S/C13H11Cl2NOS/c1-7-3-4-10(8(2)5-7)16-13(17)9-6-11(14)18-12(9)15/h3-6H,1-2H3,(H,16,17). The topological polar surface area (TPSA) is 29.1 Å². The number of aryl methyl sites for hydroxylation is 2. The zero-order chi connectivity index (χ0) is 13.3. The Kier molecular flexibility index (Phi) is 3.95. The molecule has 5 heteroatoms. The Hall–Kier alpha value is -1.03. The number of amides is 1. The van der Waals surface area contributed by atoms with Gasteiger partial charge in [0.1, 0.15) is 4.34 Å². The summed E-state index contributed by atoms with van der Waals surface area (Å²) < 4.78 is 0.910. The maximum atomic E-state index is 12.0. The van der Waals surface area contributed by atoms with Crippen LogP contribution in [-0.2, 0) is 0 Å². The lowest BCUT2D eigenvalue weighted by molar-refractivity contribution is 0.102. The summed E-state index contributed by atoms with van der Waals surface area (Å²) in [5, 5.41) is 2.83. The van der Waals surface area contributed by atoms with Crippen molar-refractivity contribution >= 4 is 46.1 Å². The van der Waals surface area contributed by atoms with Crippen molar-refractivity contribution in [1.29, 1.82) is 0 Å². The van der Waals surface area contributed by atoms with Crippen LogP contribution in [-0.4, -0.2) is 5.91 Å². The van der Waals surface area contributed by atoms with E-state index < -0.39 is 0 Å². The molecule has 0 fully saturated rings. The Balaban J connectivity index is 2.24. The van der Waals surface area contributed by atoms with Gasteiger partial charge in [0.2, 0.25) is 0 Å². The van der Waals surface area contributed by atoms with E-state index in [1.807, 2.05) is 32.0 Å². The average Bonchev–Trinajstić information content (AvgIpc) is 2.62. The number of halogens is 2. The molecule has 2 nitrogen and oxygen atoms in total. The van der Waals surface area contributed by atoms with Gasteiger partial charge in [-0.2, -0.15) is 0 Å². The smallest absolute Gasteiger partial charge is 0.258 e. The minimum atomic E-state index is -0.241. The van der Waals surface area contributed by atoms with E-state index >= 15 is 0 Å². The number of carbonyl (C=O) groups excluding carboxylic acids is 1. The number of benzene rings is 1. The van der Waals surface area contributed by atoms with Gasteiger partial charge in [0.15, 0.2) is 0 Å². The monoisotopic (exact) mass is 299 g/mol. The van der Waals surface area contributed by atoms with Crippen LogP contribution in [0.25, 0.3) is 0 Å². The van der Waals surface area contributed by atoms with Crippen molar-refractivity contribution in [2.75, 3.05) is 5.32 Å². The first-order valence-corrected chi connectivity index (χ1v) is 6.88. The highest BCUT2D eigenvalue weighted by Gasteiger charge is 2.14. The molecular weight excluding hydrogens is 289 g/mol. The summed E-state index contributed by atoms with van der Waals surface area (Å²) in [7, 11) is 0. The zero-order valence-corrected chi connectivity index (χ0v) is 12.2. The fourth-order valence-electron chi connectivity index (χ4n) is 1.64. The quantitative estimate of drug-likeness (QED) is 0.837. The van der Waals surface area contributed by atoms with E-state index in [-0.39, 0.29) is 5.91 Å². The third-order valence-electron chi connectivity index (χ3n) is 2.53. The Bertz CT molecular complexity index is 607. The van der Waals surface area contributed by atoms with Crippen LogP contribution in [0.15, 0.2) is 24.3 Å². The number of hydrogen-bond acceptors (Lipinski definition) is 2. The molecular formula is C13H11Cl2NOS. The first-order valence-electron chi connectivity index (χ1n) is 5.31. The Morgan fingerprint density at radius 2 is 1.94 bits per heavy atom. The van der Waals surface area contributed by atoms with Crippen molar-refractivity contribution in [2.24, 2.45) is 0 Å². The lowest BCUT2D eigenvalue weighted by Gasteiger charge is -2.08. The highest BCUT2D eigenvalue weighted by atomic mass is 35.5. The molecule has 0 spiro atoms. The minimum Gasteiger partial charge on any atom is -0.322 e. The van der Waals surface area contributed by atoms with Gasteiger partial charge in [-0.25, -0.2) is 0 Å². The maximum absolute atomic E-state index is 12.0. The molecule has 2 rings (SSSR count). The maximum Gasteiger partial charge on any atom is 0.258 e. The van der Waals surface area contributed by atoms with E-state index in [4.69, 9.17) is 23.2 Å². The first kappa shape index (κ1) is 13.4. The minimum absolute atomic E-state index is 0.241. The summed E-state index contributed by atoms with van der Waals surface area (Å²) in [5.74, 6) is -0.241. The predicted molar refractivity (Wildman–Crippen MR) is 78.2 cm³/mol. The van der Waals surface area contributed by atoms with E-state index in [0.29, 0.717) is 14.2 Å². The van der Waals surface area contributed by atoms with E-state index in [1.54, 1.807) is 6.07 Å². The molecule has 0 aliphatic heterocycles. The molecule has 1 amide bonds. The van der Waals surface area contributed by atoms with Gasteiger partial charge in [-0.1, -0.05) is 40.9 Å². The molecule has 2 aromatic rings. The molecule has 0 radical (unpaired) electrons. The third kappa shape index (κ3) is 2.86. The largest absolute Gasteiger partial charge is 0.322 e. The van der Waals surface area contributed by atoms with Crippen molar-refractivity contribution < 1.29 is 4.79 Å². The average molecular weight is 300 g/mol. The molecule has 0 saturated heterocycles. The Morgan fingerprint density at radius 3 is 2.50 bits per heavy atom. The first-order chi connectivity index (χ1) is 8.47. The summed E-state index contributed by atoms with van der Waals surface area (Å²) in [6.45, 7) is 3.96. The van der Waals surface area contributed by atoms with Crippen LogP contribution in [0.3, 0.4) is 0 Å². The van der Waals surface area contributed by atoms with Crippen LogP contribution in [0.1, 0.15) is 21.5 Å². The fraction of sp³-hybridized carbons (Fsp3) is 0.154. The second-order valence-electron chi connectivity index (χ2n) is 4.01. The summed E-state index contributed by atoms with van der Waals surface area (Å²) in [6.07, 6.45) is 0. The van der Waals surface area contributed by atoms with Gasteiger partial charge in [-0.05, 0) is 31.5 Å². The molecule has 0 bridgehead atoms. The van der Waals surface area contributed by atoms with Crippen LogP contribution < -0.4 is 5.32 Å². The molecule has 1 aromatic carbocycles. The lowest BCUT2D eigenvalue weighted by Crippen LogP contribution is -2.12. The molecule has 0 aliphatic rings. The van der Waals surface area contributed by atoms with E-state index in [0.717, 1.165) is 16.8 Å². The van der Waals surface area contributed by atoms with Gasteiger partial charge in [0.25, 0.3) is 5.91 Å². The van der Waals surface area contributed by atoms with Crippen molar-refractivity contribution in [3.8, 4) is 0 Å². The molecule has 1 N–H and O–H groups in total. The number of anilines is 1. The normalized spacial score (nSPS) is 10.4. The van der Waals surface area contributed by atoms with Crippen molar-refractivity contribution in [2.45, 2.75) is 13.8 Å². The molecule has 0 unspecified atom stereocenters. The van der Waals surface area contributed by atoms with Crippen molar-refractivity contribution in [1.82, 2.24) is 0 Å². The van der Waals surface area contributed by atoms with Gasteiger partial charge in [0, 0.05) is 5.69 Å². The molecule has 1 heterocycles. The van der Waals surface area contributed by atoms with Crippen LogP contribution in [0.5, 0.6) is 0 Å². The van der Waals surface area contributed by atoms with E-state index in [2.05, 4.69) is 5.32 Å². The number of carbonyl (C=O) groups is 1. The fourth-order valence-corrected chi connectivity index (χ4v) is 3.10.